The second-order valence-corrected chi connectivity index (χ2v) is 4.83. The lowest BCUT2D eigenvalue weighted by molar-refractivity contribution is 0.453. The molecule has 1 atom stereocenters. The van der Waals surface area contributed by atoms with Crippen LogP contribution in [0.2, 0.25) is 0 Å². The molecule has 90 valence electrons. The van der Waals surface area contributed by atoms with Crippen LogP contribution in [0.15, 0.2) is 39.0 Å². The van der Waals surface area contributed by atoms with Gasteiger partial charge in [-0.2, -0.15) is 0 Å². The van der Waals surface area contributed by atoms with E-state index in [0.29, 0.717) is 10.1 Å². The maximum Gasteiger partial charge on any atom is 0.260 e. The van der Waals surface area contributed by atoms with Gasteiger partial charge in [-0.1, -0.05) is 6.07 Å². The highest BCUT2D eigenvalue weighted by molar-refractivity contribution is 7.99. The summed E-state index contributed by atoms with van der Waals surface area (Å²) in [5, 5.41) is 0.440. The summed E-state index contributed by atoms with van der Waals surface area (Å²) in [4.78, 5) is 4.59. The van der Waals surface area contributed by atoms with Gasteiger partial charge in [-0.25, -0.2) is 9.37 Å². The number of halogens is 1. The van der Waals surface area contributed by atoms with Crippen LogP contribution in [0.5, 0.6) is 0 Å². The van der Waals surface area contributed by atoms with Crippen molar-refractivity contribution in [1.29, 1.82) is 0 Å². The molecule has 1 aromatic heterocycles. The number of aromatic nitrogens is 1. The zero-order chi connectivity index (χ0) is 12.4. The van der Waals surface area contributed by atoms with Crippen LogP contribution in [-0.4, -0.2) is 4.98 Å². The highest BCUT2D eigenvalue weighted by Gasteiger charge is 2.10. The van der Waals surface area contributed by atoms with Gasteiger partial charge in [0.15, 0.2) is 0 Å². The van der Waals surface area contributed by atoms with Crippen LogP contribution in [0, 0.1) is 12.7 Å². The molecule has 17 heavy (non-hydrogen) atoms. The molecular formula is C12H13FN2OS. The van der Waals surface area contributed by atoms with Crippen LogP contribution < -0.4 is 5.73 Å². The fraction of sp³-hybridized carbons (Fsp3) is 0.250. The Morgan fingerprint density at radius 2 is 2.24 bits per heavy atom. The smallest absolute Gasteiger partial charge is 0.260 e. The molecule has 0 radical (unpaired) electrons. The van der Waals surface area contributed by atoms with E-state index in [2.05, 4.69) is 4.98 Å². The number of nitrogens with zero attached hydrogens (tertiary/aromatic N) is 1. The Labute approximate surface area is 103 Å². The lowest BCUT2D eigenvalue weighted by Crippen LogP contribution is -2.05. The average molecular weight is 252 g/mol. The SMILES string of the molecule is Cc1coc(Sc2ccc([C@@H](C)N)cc2F)n1. The molecule has 5 heteroatoms. The summed E-state index contributed by atoms with van der Waals surface area (Å²) in [6.45, 7) is 3.64. The first kappa shape index (κ1) is 12.1. The second-order valence-electron chi connectivity index (χ2n) is 3.84. The fourth-order valence-corrected chi connectivity index (χ4v) is 2.12. The largest absolute Gasteiger partial charge is 0.439 e. The molecule has 0 unspecified atom stereocenters. The maximum atomic E-state index is 13.8. The number of oxazole rings is 1. The predicted octanol–water partition coefficient (Wildman–Crippen LogP) is 3.29. The summed E-state index contributed by atoms with van der Waals surface area (Å²) in [6.07, 6.45) is 1.54. The van der Waals surface area contributed by atoms with Gasteiger partial charge < -0.3 is 10.2 Å². The third-order valence-electron chi connectivity index (χ3n) is 2.28. The van der Waals surface area contributed by atoms with E-state index in [1.807, 2.05) is 19.9 Å². The minimum absolute atomic E-state index is 0.174. The minimum atomic E-state index is -0.305. The van der Waals surface area contributed by atoms with Crippen LogP contribution in [0.3, 0.4) is 0 Å². The molecule has 1 heterocycles. The molecule has 0 bridgehead atoms. The van der Waals surface area contributed by atoms with E-state index >= 15 is 0 Å². The average Bonchev–Trinajstić information content (AvgIpc) is 2.67. The van der Waals surface area contributed by atoms with E-state index in [1.54, 1.807) is 6.07 Å². The molecule has 2 rings (SSSR count). The molecule has 0 saturated carbocycles. The Morgan fingerprint density at radius 3 is 2.76 bits per heavy atom. The van der Waals surface area contributed by atoms with Crippen LogP contribution in [0.4, 0.5) is 4.39 Å². The third kappa shape index (κ3) is 2.87. The van der Waals surface area contributed by atoms with Crippen LogP contribution in [-0.2, 0) is 0 Å². The summed E-state index contributed by atoms with van der Waals surface area (Å²) in [6, 6.07) is 4.78. The highest BCUT2D eigenvalue weighted by Crippen LogP contribution is 2.30. The van der Waals surface area contributed by atoms with Gasteiger partial charge in [-0.05, 0) is 43.3 Å². The molecule has 2 aromatic rings. The molecule has 2 N–H and O–H groups in total. The van der Waals surface area contributed by atoms with Crippen molar-refractivity contribution < 1.29 is 8.81 Å². The van der Waals surface area contributed by atoms with Gasteiger partial charge in [-0.15, -0.1) is 0 Å². The van der Waals surface area contributed by atoms with E-state index in [4.69, 9.17) is 10.2 Å². The quantitative estimate of drug-likeness (QED) is 0.910. The summed E-state index contributed by atoms with van der Waals surface area (Å²) in [5.74, 6) is -0.305. The van der Waals surface area contributed by atoms with Crippen molar-refractivity contribution in [2.45, 2.75) is 30.0 Å². The van der Waals surface area contributed by atoms with Crippen molar-refractivity contribution in [3.63, 3.8) is 0 Å². The second kappa shape index (κ2) is 4.89. The third-order valence-corrected chi connectivity index (χ3v) is 3.19. The van der Waals surface area contributed by atoms with E-state index in [1.165, 1.54) is 12.3 Å². The van der Waals surface area contributed by atoms with Crippen molar-refractivity contribution in [1.82, 2.24) is 4.98 Å². The molecule has 0 aliphatic carbocycles. The Bertz CT molecular complexity index is 525. The van der Waals surface area contributed by atoms with Crippen LogP contribution >= 0.6 is 11.8 Å². The molecule has 0 amide bonds. The number of rotatable bonds is 3. The predicted molar refractivity (Wildman–Crippen MR) is 64.4 cm³/mol. The first-order chi connectivity index (χ1) is 8.06. The van der Waals surface area contributed by atoms with Crippen molar-refractivity contribution in [3.8, 4) is 0 Å². The van der Waals surface area contributed by atoms with E-state index in [-0.39, 0.29) is 11.9 Å². The van der Waals surface area contributed by atoms with E-state index in [0.717, 1.165) is 23.0 Å². The number of hydrogen-bond donors (Lipinski definition) is 1. The molecule has 3 nitrogen and oxygen atoms in total. The molecule has 1 aromatic carbocycles. The Morgan fingerprint density at radius 1 is 1.47 bits per heavy atom. The topological polar surface area (TPSA) is 52.0 Å². The normalized spacial score (nSPS) is 12.7. The van der Waals surface area contributed by atoms with E-state index < -0.39 is 0 Å². The maximum absolute atomic E-state index is 13.8. The molecule has 0 fully saturated rings. The standard InChI is InChI=1S/C12H13FN2OS/c1-7-6-16-12(15-7)17-11-4-3-9(8(2)14)5-10(11)13/h3-6,8H,14H2,1-2H3/t8-/m1/s1. The van der Waals surface area contributed by atoms with Gasteiger partial charge in [0, 0.05) is 6.04 Å². The van der Waals surface area contributed by atoms with Crippen molar-refractivity contribution in [2.75, 3.05) is 0 Å². The van der Waals surface area contributed by atoms with Gasteiger partial charge in [0.1, 0.15) is 12.1 Å². The number of nitrogens with two attached hydrogens (primary N) is 1. The van der Waals surface area contributed by atoms with Crippen LogP contribution in [0.25, 0.3) is 0 Å². The van der Waals surface area contributed by atoms with Gasteiger partial charge >= 0.3 is 0 Å². The van der Waals surface area contributed by atoms with Gasteiger partial charge in [-0.3, -0.25) is 0 Å². The summed E-state index contributed by atoms with van der Waals surface area (Å²) in [5.41, 5.74) is 7.24. The summed E-state index contributed by atoms with van der Waals surface area (Å²) in [7, 11) is 0. The first-order valence-corrected chi connectivity index (χ1v) is 6.03. The zero-order valence-electron chi connectivity index (χ0n) is 9.61. The monoisotopic (exact) mass is 252 g/mol. The molecule has 0 spiro atoms. The fourth-order valence-electron chi connectivity index (χ4n) is 1.36. The minimum Gasteiger partial charge on any atom is -0.439 e. The first-order valence-electron chi connectivity index (χ1n) is 5.21. The summed E-state index contributed by atoms with van der Waals surface area (Å²) < 4.78 is 18.9. The van der Waals surface area contributed by atoms with Gasteiger partial charge in [0.25, 0.3) is 5.22 Å². The van der Waals surface area contributed by atoms with Gasteiger partial charge in [0.05, 0.1) is 10.6 Å². The zero-order valence-corrected chi connectivity index (χ0v) is 10.4. The number of aryl methyl sites for hydroxylation is 1. The Balaban J connectivity index is 2.22. The van der Waals surface area contributed by atoms with Crippen molar-refractivity contribution in [2.24, 2.45) is 5.73 Å². The Kier molecular flexibility index (Phi) is 3.49. The van der Waals surface area contributed by atoms with Crippen molar-refractivity contribution >= 4 is 11.8 Å². The number of hydrogen-bond acceptors (Lipinski definition) is 4. The highest BCUT2D eigenvalue weighted by atomic mass is 32.2. The lowest BCUT2D eigenvalue weighted by atomic mass is 10.1. The van der Waals surface area contributed by atoms with Crippen molar-refractivity contribution in [3.05, 3.63) is 41.5 Å². The van der Waals surface area contributed by atoms with Gasteiger partial charge in [0.2, 0.25) is 0 Å². The molecule has 0 aliphatic rings. The molecule has 0 saturated heterocycles. The van der Waals surface area contributed by atoms with E-state index in [9.17, 15) is 4.39 Å². The molecular weight excluding hydrogens is 239 g/mol. The summed E-state index contributed by atoms with van der Waals surface area (Å²) >= 11 is 1.16. The Hall–Kier alpha value is -1.33. The lowest BCUT2D eigenvalue weighted by Gasteiger charge is -2.07. The molecule has 0 aliphatic heterocycles. The number of benzene rings is 1. The van der Waals surface area contributed by atoms with Crippen LogP contribution in [0.1, 0.15) is 24.2 Å².